The number of halogens is 1. The van der Waals surface area contributed by atoms with Crippen LogP contribution in [0, 0.1) is 11.3 Å². The maximum Gasteiger partial charge on any atom is 0.139 e. The molecule has 0 N–H and O–H groups in total. The number of hydrogen-bond donors (Lipinski definition) is 0. The Labute approximate surface area is 162 Å². The zero-order chi connectivity index (χ0) is 18.5. The van der Waals surface area contributed by atoms with Crippen LogP contribution in [0.2, 0.25) is 0 Å². The second-order valence-corrected chi connectivity index (χ2v) is 6.94. The first-order chi connectivity index (χ1) is 12.7. The summed E-state index contributed by atoms with van der Waals surface area (Å²) in [6, 6.07) is 18.2. The monoisotopic (exact) mass is 409 g/mol. The van der Waals surface area contributed by atoms with Crippen LogP contribution in [0.4, 0.5) is 0 Å². The van der Waals surface area contributed by atoms with E-state index in [9.17, 15) is 5.26 Å². The summed E-state index contributed by atoms with van der Waals surface area (Å²) in [6.07, 6.45) is 2.12. The van der Waals surface area contributed by atoms with E-state index in [1.54, 1.807) is 7.11 Å². The minimum absolute atomic E-state index is 0.306. The summed E-state index contributed by atoms with van der Waals surface area (Å²) in [5, 5.41) is 9.41. The van der Waals surface area contributed by atoms with Crippen LogP contribution in [0.25, 0.3) is 22.5 Å². The number of nitriles is 1. The molecule has 3 aromatic rings. The average Bonchev–Trinajstić information content (AvgIpc) is 3.01. The van der Waals surface area contributed by atoms with Crippen LogP contribution >= 0.6 is 15.9 Å². The van der Waals surface area contributed by atoms with Crippen molar-refractivity contribution in [3.8, 4) is 34.3 Å². The molecule has 26 heavy (non-hydrogen) atoms. The van der Waals surface area contributed by atoms with Crippen LogP contribution in [0.15, 0.2) is 57.4 Å². The second-order valence-electron chi connectivity index (χ2n) is 6.03. The standard InChI is InChI=1S/C22H20BrNO2/c1-3-4-20-21(15-5-9-17(23)10-6-15)19(13-14-24)22(26-20)16-7-11-18(25-2)12-8-16/h5-12H,3-4,13H2,1-2H3. The highest BCUT2D eigenvalue weighted by molar-refractivity contribution is 9.10. The first kappa shape index (κ1) is 18.3. The van der Waals surface area contributed by atoms with Crippen molar-refractivity contribution >= 4 is 15.9 Å². The molecule has 132 valence electrons. The van der Waals surface area contributed by atoms with Gasteiger partial charge in [0, 0.05) is 27.6 Å². The first-order valence-corrected chi connectivity index (χ1v) is 9.39. The van der Waals surface area contributed by atoms with Gasteiger partial charge in [0.1, 0.15) is 17.3 Å². The molecule has 1 aromatic heterocycles. The van der Waals surface area contributed by atoms with Crippen LogP contribution in [-0.4, -0.2) is 7.11 Å². The summed E-state index contributed by atoms with van der Waals surface area (Å²) < 4.78 is 12.5. The van der Waals surface area contributed by atoms with Gasteiger partial charge in [-0.05, 0) is 48.4 Å². The topological polar surface area (TPSA) is 46.2 Å². The normalized spacial score (nSPS) is 10.5. The average molecular weight is 410 g/mol. The molecule has 0 spiro atoms. The van der Waals surface area contributed by atoms with Crippen molar-refractivity contribution in [2.75, 3.05) is 7.11 Å². The van der Waals surface area contributed by atoms with Crippen molar-refractivity contribution in [2.24, 2.45) is 0 Å². The van der Waals surface area contributed by atoms with Crippen molar-refractivity contribution in [1.29, 1.82) is 5.26 Å². The first-order valence-electron chi connectivity index (χ1n) is 8.59. The van der Waals surface area contributed by atoms with Crippen molar-refractivity contribution < 1.29 is 9.15 Å². The molecule has 2 aromatic carbocycles. The Morgan fingerprint density at radius 2 is 1.69 bits per heavy atom. The largest absolute Gasteiger partial charge is 0.497 e. The maximum atomic E-state index is 9.41. The van der Waals surface area contributed by atoms with Crippen molar-refractivity contribution in [3.05, 3.63) is 64.3 Å². The smallest absolute Gasteiger partial charge is 0.139 e. The third kappa shape index (κ3) is 3.68. The Kier molecular flexibility index (Phi) is 5.80. The van der Waals surface area contributed by atoms with Crippen LogP contribution < -0.4 is 4.74 Å². The third-order valence-electron chi connectivity index (χ3n) is 4.30. The van der Waals surface area contributed by atoms with Gasteiger partial charge in [0.2, 0.25) is 0 Å². The molecular formula is C22H20BrNO2. The molecule has 0 fully saturated rings. The summed E-state index contributed by atoms with van der Waals surface area (Å²) in [5.74, 6) is 2.51. The van der Waals surface area contributed by atoms with Gasteiger partial charge in [-0.3, -0.25) is 0 Å². The fraction of sp³-hybridized carbons (Fsp3) is 0.227. The van der Waals surface area contributed by atoms with E-state index in [1.807, 2.05) is 36.4 Å². The van der Waals surface area contributed by atoms with Gasteiger partial charge in [-0.2, -0.15) is 5.26 Å². The molecule has 0 radical (unpaired) electrons. The highest BCUT2D eigenvalue weighted by Gasteiger charge is 2.22. The molecule has 0 bridgehead atoms. The van der Waals surface area contributed by atoms with Gasteiger partial charge in [0.25, 0.3) is 0 Å². The molecular weight excluding hydrogens is 390 g/mol. The summed E-state index contributed by atoms with van der Waals surface area (Å²) in [6.45, 7) is 2.13. The second kappa shape index (κ2) is 8.25. The van der Waals surface area contributed by atoms with Crippen LogP contribution in [-0.2, 0) is 12.8 Å². The van der Waals surface area contributed by atoms with Crippen molar-refractivity contribution in [2.45, 2.75) is 26.2 Å². The Morgan fingerprint density at radius 3 is 2.27 bits per heavy atom. The number of rotatable bonds is 6. The van der Waals surface area contributed by atoms with Crippen LogP contribution in [0.5, 0.6) is 5.75 Å². The lowest BCUT2D eigenvalue weighted by Crippen LogP contribution is -1.90. The summed E-state index contributed by atoms with van der Waals surface area (Å²) in [5.41, 5.74) is 4.03. The molecule has 0 aliphatic heterocycles. The van der Waals surface area contributed by atoms with Crippen LogP contribution in [0.3, 0.4) is 0 Å². The van der Waals surface area contributed by atoms with Gasteiger partial charge in [0.15, 0.2) is 0 Å². The number of benzene rings is 2. The fourth-order valence-corrected chi connectivity index (χ4v) is 3.36. The minimum atomic E-state index is 0.306. The Hall–Kier alpha value is -2.51. The number of ether oxygens (including phenoxy) is 1. The Balaban J connectivity index is 2.19. The summed E-state index contributed by atoms with van der Waals surface area (Å²) in [4.78, 5) is 0. The highest BCUT2D eigenvalue weighted by atomic mass is 79.9. The van der Waals surface area contributed by atoms with Gasteiger partial charge in [0.05, 0.1) is 19.6 Å². The molecule has 0 aliphatic rings. The molecule has 0 saturated heterocycles. The summed E-state index contributed by atoms with van der Waals surface area (Å²) in [7, 11) is 1.65. The molecule has 3 nitrogen and oxygen atoms in total. The van der Waals surface area contributed by atoms with E-state index in [2.05, 4.69) is 41.1 Å². The lowest BCUT2D eigenvalue weighted by atomic mass is 9.95. The van der Waals surface area contributed by atoms with E-state index in [4.69, 9.17) is 9.15 Å². The zero-order valence-electron chi connectivity index (χ0n) is 14.9. The Bertz CT molecular complexity index is 919. The van der Waals surface area contributed by atoms with Gasteiger partial charge in [-0.25, -0.2) is 0 Å². The number of furan rings is 1. The molecule has 4 heteroatoms. The minimum Gasteiger partial charge on any atom is -0.497 e. The van der Waals surface area contributed by atoms with E-state index in [-0.39, 0.29) is 0 Å². The van der Waals surface area contributed by atoms with Crippen LogP contribution in [0.1, 0.15) is 24.7 Å². The zero-order valence-corrected chi connectivity index (χ0v) is 16.5. The highest BCUT2D eigenvalue weighted by Crippen LogP contribution is 2.39. The number of methoxy groups -OCH3 is 1. The molecule has 1 heterocycles. The molecule has 0 saturated carbocycles. The third-order valence-corrected chi connectivity index (χ3v) is 4.83. The fourth-order valence-electron chi connectivity index (χ4n) is 3.10. The van der Waals surface area contributed by atoms with E-state index >= 15 is 0 Å². The molecule has 0 unspecified atom stereocenters. The molecule has 0 aliphatic carbocycles. The van der Waals surface area contributed by atoms with Gasteiger partial charge in [-0.15, -0.1) is 0 Å². The van der Waals surface area contributed by atoms with E-state index in [1.165, 1.54) is 0 Å². The summed E-state index contributed by atoms with van der Waals surface area (Å²) >= 11 is 3.48. The molecule has 0 amide bonds. The van der Waals surface area contributed by atoms with Gasteiger partial charge in [-0.1, -0.05) is 35.0 Å². The molecule has 3 rings (SSSR count). The Morgan fingerprint density at radius 1 is 1.04 bits per heavy atom. The maximum absolute atomic E-state index is 9.41. The lowest BCUT2D eigenvalue weighted by molar-refractivity contribution is 0.415. The predicted octanol–water partition coefficient (Wildman–Crippen LogP) is 6.40. The quantitative estimate of drug-likeness (QED) is 0.472. The van der Waals surface area contributed by atoms with Gasteiger partial charge < -0.3 is 9.15 Å². The van der Waals surface area contributed by atoms with E-state index in [0.717, 1.165) is 56.8 Å². The van der Waals surface area contributed by atoms with E-state index in [0.29, 0.717) is 6.42 Å². The van der Waals surface area contributed by atoms with Crippen molar-refractivity contribution in [1.82, 2.24) is 0 Å². The number of aryl methyl sites for hydroxylation is 1. The molecule has 0 atom stereocenters. The number of hydrogen-bond acceptors (Lipinski definition) is 3. The predicted molar refractivity (Wildman–Crippen MR) is 107 cm³/mol. The van der Waals surface area contributed by atoms with E-state index < -0.39 is 0 Å². The van der Waals surface area contributed by atoms with Crippen molar-refractivity contribution in [3.63, 3.8) is 0 Å². The lowest BCUT2D eigenvalue weighted by Gasteiger charge is -2.05. The SMILES string of the molecule is CCCc1oc(-c2ccc(OC)cc2)c(CC#N)c1-c1ccc(Br)cc1. The van der Waals surface area contributed by atoms with Gasteiger partial charge >= 0.3 is 0 Å². The number of nitrogens with zero attached hydrogens (tertiary/aromatic N) is 1.